The second-order valence-corrected chi connectivity index (χ2v) is 11.8. The topological polar surface area (TPSA) is 98.7 Å². The summed E-state index contributed by atoms with van der Waals surface area (Å²) in [6.45, 7) is 5.57. The molecule has 190 valence electrons. The Morgan fingerprint density at radius 2 is 1.78 bits per heavy atom. The van der Waals surface area contributed by atoms with Crippen molar-refractivity contribution in [1.82, 2.24) is 4.90 Å². The Labute approximate surface area is 216 Å². The van der Waals surface area contributed by atoms with Crippen molar-refractivity contribution >= 4 is 40.9 Å². The van der Waals surface area contributed by atoms with Crippen molar-refractivity contribution in [3.05, 3.63) is 59.7 Å². The van der Waals surface area contributed by atoms with Crippen LogP contribution in [-0.4, -0.2) is 56.4 Å². The highest BCUT2D eigenvalue weighted by Crippen LogP contribution is 2.66. The second-order valence-electron chi connectivity index (χ2n) is 10.2. The van der Waals surface area contributed by atoms with Crippen molar-refractivity contribution in [2.24, 2.45) is 11.8 Å². The van der Waals surface area contributed by atoms with Crippen LogP contribution in [0.4, 0.5) is 11.4 Å². The van der Waals surface area contributed by atoms with E-state index in [1.807, 2.05) is 69.3 Å². The Bertz CT molecular complexity index is 1160. The summed E-state index contributed by atoms with van der Waals surface area (Å²) >= 11 is 1.63. The molecular formula is C28H33N3O4S. The number of nitrogens with one attached hydrogen (secondary N) is 2. The average Bonchev–Trinajstić information content (AvgIpc) is 3.51. The van der Waals surface area contributed by atoms with Gasteiger partial charge in [0.05, 0.1) is 29.2 Å². The number of para-hydroxylation sites is 2. The Balaban J connectivity index is 1.52. The molecule has 3 N–H and O–H groups in total. The van der Waals surface area contributed by atoms with Crippen molar-refractivity contribution in [3.8, 4) is 0 Å². The van der Waals surface area contributed by atoms with Crippen LogP contribution in [0.3, 0.4) is 0 Å². The van der Waals surface area contributed by atoms with Crippen LogP contribution in [0.5, 0.6) is 0 Å². The fourth-order valence-electron chi connectivity index (χ4n) is 6.45. The molecule has 5 rings (SSSR count). The molecule has 2 aromatic carbocycles. The zero-order valence-corrected chi connectivity index (χ0v) is 21.7. The molecule has 1 spiro atoms. The molecular weight excluding hydrogens is 474 g/mol. The monoisotopic (exact) mass is 507 g/mol. The number of anilines is 2. The minimum absolute atomic E-state index is 0.0190. The highest BCUT2D eigenvalue weighted by atomic mass is 32.2. The van der Waals surface area contributed by atoms with E-state index in [1.165, 1.54) is 0 Å². The molecule has 3 fully saturated rings. The first-order chi connectivity index (χ1) is 17.3. The maximum absolute atomic E-state index is 14.0. The number of nitrogens with zero attached hydrogens (tertiary/aromatic N) is 1. The zero-order chi connectivity index (χ0) is 25.6. The Morgan fingerprint density at radius 1 is 1.08 bits per heavy atom. The molecule has 3 aliphatic heterocycles. The number of carbonyl (C=O) groups excluding carboxylic acids is 3. The number of aliphatic hydroxyl groups is 1. The summed E-state index contributed by atoms with van der Waals surface area (Å²) in [6.07, 6.45) is 1.99. The number of likely N-dealkylation sites (tertiary alicyclic amines) is 1. The molecule has 6 atom stereocenters. The number of benzene rings is 2. The van der Waals surface area contributed by atoms with Gasteiger partial charge in [-0.1, -0.05) is 43.3 Å². The van der Waals surface area contributed by atoms with Crippen LogP contribution < -0.4 is 10.6 Å². The van der Waals surface area contributed by atoms with E-state index < -0.39 is 28.7 Å². The molecule has 3 amide bonds. The van der Waals surface area contributed by atoms with Gasteiger partial charge in [-0.25, -0.2) is 0 Å². The van der Waals surface area contributed by atoms with Gasteiger partial charge >= 0.3 is 0 Å². The standard InChI is InChI=1S/C28H33N3O4S/c1-4-19(15-32)31-24(26(34)30-23-16(2)9-8-10-17(23)3)28-14-13-20(36-28)21(22(28)27(31)35)25(33)29-18-11-6-5-7-12-18/h5-12,19-22,24,32H,4,13-15H2,1-3H3,(H,29,33)(H,30,34)/t19-,20+,21-,22-,24?,28?/m0/s1. The molecule has 2 unspecified atom stereocenters. The number of aliphatic hydroxyl groups excluding tert-OH is 1. The molecule has 0 saturated carbocycles. The van der Waals surface area contributed by atoms with E-state index in [9.17, 15) is 19.5 Å². The summed E-state index contributed by atoms with van der Waals surface area (Å²) in [5.41, 5.74) is 3.34. The molecule has 3 aliphatic rings. The summed E-state index contributed by atoms with van der Waals surface area (Å²) in [4.78, 5) is 43.2. The van der Waals surface area contributed by atoms with Crippen molar-refractivity contribution in [3.63, 3.8) is 0 Å². The van der Waals surface area contributed by atoms with Gasteiger partial charge in [0, 0.05) is 16.6 Å². The number of hydrogen-bond acceptors (Lipinski definition) is 5. The summed E-state index contributed by atoms with van der Waals surface area (Å²) < 4.78 is -0.691. The van der Waals surface area contributed by atoms with Gasteiger partial charge in [-0.15, -0.1) is 11.8 Å². The van der Waals surface area contributed by atoms with Crippen LogP contribution in [0, 0.1) is 25.7 Å². The Kier molecular flexibility index (Phi) is 6.59. The van der Waals surface area contributed by atoms with Gasteiger partial charge in [-0.3, -0.25) is 14.4 Å². The molecule has 2 bridgehead atoms. The lowest BCUT2D eigenvalue weighted by molar-refractivity contribution is -0.141. The van der Waals surface area contributed by atoms with E-state index in [0.29, 0.717) is 18.5 Å². The fourth-order valence-corrected chi connectivity index (χ4v) is 8.65. The van der Waals surface area contributed by atoms with Crippen molar-refractivity contribution in [2.45, 2.75) is 62.1 Å². The lowest BCUT2D eigenvalue weighted by Crippen LogP contribution is -2.54. The second kappa shape index (κ2) is 9.56. The molecule has 3 saturated heterocycles. The van der Waals surface area contributed by atoms with E-state index in [-0.39, 0.29) is 29.6 Å². The summed E-state index contributed by atoms with van der Waals surface area (Å²) in [7, 11) is 0. The molecule has 0 aromatic heterocycles. The largest absolute Gasteiger partial charge is 0.394 e. The van der Waals surface area contributed by atoms with Gasteiger partial charge in [0.1, 0.15) is 6.04 Å². The van der Waals surface area contributed by atoms with E-state index in [1.54, 1.807) is 16.7 Å². The van der Waals surface area contributed by atoms with E-state index >= 15 is 0 Å². The van der Waals surface area contributed by atoms with E-state index in [0.717, 1.165) is 23.2 Å². The molecule has 8 heteroatoms. The summed E-state index contributed by atoms with van der Waals surface area (Å²) in [5.74, 6) is -1.73. The smallest absolute Gasteiger partial charge is 0.248 e. The lowest BCUT2D eigenvalue weighted by atomic mass is 9.70. The predicted molar refractivity (Wildman–Crippen MR) is 142 cm³/mol. The molecule has 0 radical (unpaired) electrons. The van der Waals surface area contributed by atoms with Crippen LogP contribution in [0.1, 0.15) is 37.3 Å². The third-order valence-corrected chi connectivity index (χ3v) is 10.1. The van der Waals surface area contributed by atoms with Gasteiger partial charge < -0.3 is 20.6 Å². The van der Waals surface area contributed by atoms with Crippen LogP contribution in [0.15, 0.2) is 48.5 Å². The Morgan fingerprint density at radius 3 is 2.42 bits per heavy atom. The Hall–Kier alpha value is -2.84. The first-order valence-electron chi connectivity index (χ1n) is 12.7. The van der Waals surface area contributed by atoms with Crippen molar-refractivity contribution in [1.29, 1.82) is 0 Å². The number of hydrogen-bond donors (Lipinski definition) is 3. The zero-order valence-electron chi connectivity index (χ0n) is 20.9. The third kappa shape index (κ3) is 3.82. The van der Waals surface area contributed by atoms with Gasteiger partial charge in [-0.2, -0.15) is 0 Å². The van der Waals surface area contributed by atoms with Crippen LogP contribution in [-0.2, 0) is 14.4 Å². The minimum Gasteiger partial charge on any atom is -0.394 e. The molecule has 0 aliphatic carbocycles. The molecule has 2 aromatic rings. The summed E-state index contributed by atoms with van der Waals surface area (Å²) in [6, 6.07) is 13.9. The molecule has 36 heavy (non-hydrogen) atoms. The highest BCUT2D eigenvalue weighted by Gasteiger charge is 2.74. The van der Waals surface area contributed by atoms with Gasteiger partial charge in [-0.05, 0) is 56.4 Å². The maximum Gasteiger partial charge on any atom is 0.248 e. The minimum atomic E-state index is -0.754. The summed E-state index contributed by atoms with van der Waals surface area (Å²) in [5, 5.41) is 16.3. The van der Waals surface area contributed by atoms with E-state index in [4.69, 9.17) is 0 Å². The van der Waals surface area contributed by atoms with Gasteiger partial charge in [0.25, 0.3) is 0 Å². The van der Waals surface area contributed by atoms with Crippen molar-refractivity contribution in [2.75, 3.05) is 17.2 Å². The number of carbonyl (C=O) groups is 3. The van der Waals surface area contributed by atoms with Crippen LogP contribution in [0.2, 0.25) is 0 Å². The first kappa shape index (κ1) is 24.8. The third-order valence-electron chi connectivity index (χ3n) is 8.14. The fraction of sp³-hybridized carbons (Fsp3) is 0.464. The van der Waals surface area contributed by atoms with Crippen LogP contribution >= 0.6 is 11.8 Å². The number of rotatable bonds is 7. The normalized spacial score (nSPS) is 29.2. The van der Waals surface area contributed by atoms with Gasteiger partial charge in [0.15, 0.2) is 0 Å². The number of amides is 3. The lowest BCUT2D eigenvalue weighted by Gasteiger charge is -2.37. The molecule has 7 nitrogen and oxygen atoms in total. The maximum atomic E-state index is 14.0. The predicted octanol–water partition coefficient (Wildman–Crippen LogP) is 3.74. The number of aryl methyl sites for hydroxylation is 2. The quantitative estimate of drug-likeness (QED) is 0.530. The highest BCUT2D eigenvalue weighted by molar-refractivity contribution is 8.02. The number of fused-ring (bicyclic) bond motifs is 1. The number of thioether (sulfide) groups is 1. The van der Waals surface area contributed by atoms with Gasteiger partial charge in [0.2, 0.25) is 17.7 Å². The average molecular weight is 508 g/mol. The van der Waals surface area contributed by atoms with E-state index in [2.05, 4.69) is 10.6 Å². The van der Waals surface area contributed by atoms with Crippen LogP contribution in [0.25, 0.3) is 0 Å². The first-order valence-corrected chi connectivity index (χ1v) is 13.5. The SMILES string of the molecule is CC[C@@H](CO)N1C(=O)[C@@H]2[C@@H](C(=O)Nc3ccccc3)[C@H]3CCC2(S3)C1C(=O)Nc1c(C)cccc1C. The molecule has 3 heterocycles. The van der Waals surface area contributed by atoms with Crippen molar-refractivity contribution < 1.29 is 19.5 Å².